The summed E-state index contributed by atoms with van der Waals surface area (Å²) in [6.45, 7) is -2.61. The lowest BCUT2D eigenvalue weighted by atomic mass is 10.1. The first-order chi connectivity index (χ1) is 11.6. The standard InChI is InChI=1S/C17H18F2N4O.HI/c18-16(19)24-15-7-6-14(21-10-15)9-22-17(20)23-13-5-4-11-2-1-3-12(11)8-13;/h4-8,10,16H,1-3,9H2,(H3,20,22,23);1H. The summed E-state index contributed by atoms with van der Waals surface area (Å²) < 4.78 is 28.4. The number of ether oxygens (including phenoxy) is 1. The summed E-state index contributed by atoms with van der Waals surface area (Å²) in [7, 11) is 0. The quantitative estimate of drug-likeness (QED) is 0.406. The number of benzene rings is 1. The number of nitrogens with two attached hydrogens (primary N) is 1. The number of hydrogen-bond donors (Lipinski definition) is 2. The van der Waals surface area contributed by atoms with Gasteiger partial charge in [0.15, 0.2) is 5.96 Å². The Hall–Kier alpha value is -1.97. The third-order valence-corrected chi connectivity index (χ3v) is 3.81. The summed E-state index contributed by atoms with van der Waals surface area (Å²) in [6.07, 6.45) is 4.66. The Morgan fingerprint density at radius 2 is 2.04 bits per heavy atom. The number of nitrogens with one attached hydrogen (secondary N) is 1. The van der Waals surface area contributed by atoms with Gasteiger partial charge in [0.25, 0.3) is 0 Å². The Balaban J connectivity index is 0.00000225. The van der Waals surface area contributed by atoms with Crippen molar-refractivity contribution in [2.75, 3.05) is 5.32 Å². The molecule has 0 spiro atoms. The van der Waals surface area contributed by atoms with Crippen molar-refractivity contribution in [2.45, 2.75) is 32.4 Å². The van der Waals surface area contributed by atoms with E-state index in [9.17, 15) is 8.78 Å². The summed E-state index contributed by atoms with van der Waals surface area (Å²) in [5.41, 5.74) is 10.1. The number of guanidine groups is 1. The number of rotatable bonds is 5. The van der Waals surface area contributed by atoms with Gasteiger partial charge in [-0.15, -0.1) is 24.0 Å². The molecule has 1 heterocycles. The second-order valence-corrected chi connectivity index (χ2v) is 5.53. The monoisotopic (exact) mass is 460 g/mol. The van der Waals surface area contributed by atoms with Crippen LogP contribution in [0.2, 0.25) is 0 Å². The molecule has 0 aliphatic heterocycles. The first-order valence-corrected chi connectivity index (χ1v) is 7.68. The van der Waals surface area contributed by atoms with E-state index in [4.69, 9.17) is 5.73 Å². The second kappa shape index (κ2) is 8.93. The van der Waals surface area contributed by atoms with Gasteiger partial charge < -0.3 is 15.8 Å². The minimum absolute atomic E-state index is 0. The Kier molecular flexibility index (Phi) is 6.91. The molecule has 0 bridgehead atoms. The van der Waals surface area contributed by atoms with Crippen molar-refractivity contribution in [1.29, 1.82) is 0 Å². The molecule has 0 fully saturated rings. The SMILES string of the molecule is I.NC(=NCc1ccc(OC(F)F)cn1)Nc1ccc2c(c1)CCC2. The van der Waals surface area contributed by atoms with Gasteiger partial charge in [-0.3, -0.25) is 4.98 Å². The van der Waals surface area contributed by atoms with Crippen molar-refractivity contribution in [2.24, 2.45) is 10.7 Å². The smallest absolute Gasteiger partial charge is 0.387 e. The predicted molar refractivity (Wildman–Crippen MR) is 104 cm³/mol. The zero-order valence-electron chi connectivity index (χ0n) is 13.4. The van der Waals surface area contributed by atoms with Crippen LogP contribution in [-0.2, 0) is 19.4 Å². The van der Waals surface area contributed by atoms with Crippen LogP contribution in [0.1, 0.15) is 23.2 Å². The van der Waals surface area contributed by atoms with Crippen molar-refractivity contribution in [3.63, 3.8) is 0 Å². The average Bonchev–Trinajstić information content (AvgIpc) is 3.01. The Labute approximate surface area is 161 Å². The van der Waals surface area contributed by atoms with E-state index in [1.807, 2.05) is 6.07 Å². The molecule has 8 heteroatoms. The van der Waals surface area contributed by atoms with E-state index in [1.165, 1.54) is 29.8 Å². The summed E-state index contributed by atoms with van der Waals surface area (Å²) in [5.74, 6) is 0.296. The first-order valence-electron chi connectivity index (χ1n) is 7.68. The van der Waals surface area contributed by atoms with Crippen LogP contribution in [0.4, 0.5) is 14.5 Å². The van der Waals surface area contributed by atoms with Gasteiger partial charge in [0, 0.05) is 5.69 Å². The third-order valence-electron chi connectivity index (χ3n) is 3.81. The summed E-state index contributed by atoms with van der Waals surface area (Å²) in [5, 5.41) is 3.06. The summed E-state index contributed by atoms with van der Waals surface area (Å²) in [6, 6.07) is 9.19. The summed E-state index contributed by atoms with van der Waals surface area (Å²) in [4.78, 5) is 8.21. The van der Waals surface area contributed by atoms with E-state index >= 15 is 0 Å². The number of nitrogens with zero attached hydrogens (tertiary/aromatic N) is 2. The van der Waals surface area contributed by atoms with Crippen LogP contribution >= 0.6 is 24.0 Å². The molecule has 1 aliphatic rings. The van der Waals surface area contributed by atoms with E-state index in [2.05, 4.69) is 32.2 Å². The fourth-order valence-electron chi connectivity index (χ4n) is 2.68. The molecule has 0 saturated carbocycles. The maximum absolute atomic E-state index is 12.1. The topological polar surface area (TPSA) is 72.5 Å². The van der Waals surface area contributed by atoms with Crippen LogP contribution in [0.5, 0.6) is 5.75 Å². The van der Waals surface area contributed by atoms with Crippen LogP contribution in [0.3, 0.4) is 0 Å². The molecule has 0 unspecified atom stereocenters. The van der Waals surface area contributed by atoms with Crippen molar-refractivity contribution in [1.82, 2.24) is 4.98 Å². The van der Waals surface area contributed by atoms with Crippen molar-refractivity contribution >= 4 is 35.6 Å². The fourth-order valence-corrected chi connectivity index (χ4v) is 2.68. The highest BCUT2D eigenvalue weighted by Crippen LogP contribution is 2.24. The van der Waals surface area contributed by atoms with Gasteiger partial charge >= 0.3 is 6.61 Å². The minimum atomic E-state index is -2.86. The first kappa shape index (κ1) is 19.4. The molecule has 0 amide bonds. The van der Waals surface area contributed by atoms with Crippen LogP contribution in [0, 0.1) is 0 Å². The molecule has 134 valence electrons. The zero-order chi connectivity index (χ0) is 16.9. The van der Waals surface area contributed by atoms with Crippen molar-refractivity contribution in [3.8, 4) is 5.75 Å². The van der Waals surface area contributed by atoms with Gasteiger partial charge in [0.2, 0.25) is 0 Å². The molecular formula is C17H19F2IN4O. The number of aromatic nitrogens is 1. The molecule has 0 radical (unpaired) electrons. The number of alkyl halides is 2. The van der Waals surface area contributed by atoms with Gasteiger partial charge in [-0.2, -0.15) is 8.78 Å². The van der Waals surface area contributed by atoms with E-state index in [1.54, 1.807) is 6.07 Å². The Morgan fingerprint density at radius 3 is 2.76 bits per heavy atom. The Bertz CT molecular complexity index is 738. The minimum Gasteiger partial charge on any atom is -0.433 e. The second-order valence-electron chi connectivity index (χ2n) is 5.53. The highest BCUT2D eigenvalue weighted by Gasteiger charge is 2.11. The third kappa shape index (κ3) is 5.52. The Morgan fingerprint density at radius 1 is 1.24 bits per heavy atom. The number of halogens is 3. The molecule has 3 N–H and O–H groups in total. The maximum atomic E-state index is 12.1. The largest absolute Gasteiger partial charge is 0.433 e. The lowest BCUT2D eigenvalue weighted by Crippen LogP contribution is -2.22. The number of pyridine rings is 1. The van der Waals surface area contributed by atoms with Gasteiger partial charge in [-0.05, 0) is 54.7 Å². The average molecular weight is 460 g/mol. The molecule has 1 aliphatic carbocycles. The van der Waals surface area contributed by atoms with E-state index in [0.29, 0.717) is 5.69 Å². The fraction of sp³-hybridized carbons (Fsp3) is 0.294. The van der Waals surface area contributed by atoms with Gasteiger partial charge in [0.1, 0.15) is 5.75 Å². The van der Waals surface area contributed by atoms with Gasteiger partial charge in [0.05, 0.1) is 18.4 Å². The number of aliphatic imine (C=N–C) groups is 1. The van der Waals surface area contributed by atoms with Crippen LogP contribution < -0.4 is 15.8 Å². The highest BCUT2D eigenvalue weighted by molar-refractivity contribution is 14.0. The molecule has 5 nitrogen and oxygen atoms in total. The molecule has 2 aromatic rings. The van der Waals surface area contributed by atoms with Crippen molar-refractivity contribution in [3.05, 3.63) is 53.3 Å². The lowest BCUT2D eigenvalue weighted by molar-refractivity contribution is -0.0500. The predicted octanol–water partition coefficient (Wildman–Crippen LogP) is 3.72. The molecule has 25 heavy (non-hydrogen) atoms. The molecule has 1 aromatic heterocycles. The van der Waals surface area contributed by atoms with E-state index in [0.717, 1.165) is 18.5 Å². The molecule has 1 aromatic carbocycles. The zero-order valence-corrected chi connectivity index (χ0v) is 15.7. The number of anilines is 1. The highest BCUT2D eigenvalue weighted by atomic mass is 127. The molecule has 0 saturated heterocycles. The molecular weight excluding hydrogens is 441 g/mol. The number of hydrogen-bond acceptors (Lipinski definition) is 3. The van der Waals surface area contributed by atoms with Crippen LogP contribution in [0.15, 0.2) is 41.5 Å². The van der Waals surface area contributed by atoms with Crippen LogP contribution in [0.25, 0.3) is 0 Å². The van der Waals surface area contributed by atoms with E-state index in [-0.39, 0.29) is 42.2 Å². The van der Waals surface area contributed by atoms with E-state index < -0.39 is 6.61 Å². The van der Waals surface area contributed by atoms with Gasteiger partial charge in [-0.1, -0.05) is 6.07 Å². The molecule has 3 rings (SSSR count). The van der Waals surface area contributed by atoms with Crippen LogP contribution in [-0.4, -0.2) is 17.6 Å². The summed E-state index contributed by atoms with van der Waals surface area (Å²) >= 11 is 0. The van der Waals surface area contributed by atoms with Gasteiger partial charge in [-0.25, -0.2) is 4.99 Å². The normalized spacial score (nSPS) is 13.3. The molecule has 0 atom stereocenters. The maximum Gasteiger partial charge on any atom is 0.387 e. The number of fused-ring (bicyclic) bond motifs is 1. The number of aryl methyl sites for hydroxylation is 2. The lowest BCUT2D eigenvalue weighted by Gasteiger charge is -2.08. The van der Waals surface area contributed by atoms with Crippen molar-refractivity contribution < 1.29 is 13.5 Å².